The molecule has 1 amide bonds. The van der Waals surface area contributed by atoms with Crippen LogP contribution in [0.2, 0.25) is 0 Å². The Morgan fingerprint density at radius 2 is 1.93 bits per heavy atom. The summed E-state index contributed by atoms with van der Waals surface area (Å²) in [7, 11) is 0. The lowest BCUT2D eigenvalue weighted by atomic mass is 9.93. The van der Waals surface area contributed by atoms with Gasteiger partial charge in [0.05, 0.1) is 49.4 Å². The third kappa shape index (κ3) is 6.97. The Kier molecular flexibility index (Phi) is 9.33. The number of aromatic nitrogens is 5. The third-order valence-electron chi connectivity index (χ3n) is 8.41. The quantitative estimate of drug-likeness (QED) is 0.234. The van der Waals surface area contributed by atoms with Gasteiger partial charge < -0.3 is 20.1 Å². The van der Waals surface area contributed by atoms with Crippen LogP contribution in [0.5, 0.6) is 0 Å². The number of hydrogen-bond acceptors (Lipinski definition) is 8. The van der Waals surface area contributed by atoms with Gasteiger partial charge >= 0.3 is 6.18 Å². The maximum absolute atomic E-state index is 14.1. The molecule has 2 unspecified atom stereocenters. The number of nitrogens with zero attached hydrogens (tertiary/aromatic N) is 6. The number of carbonyl (C=O) groups is 1. The van der Waals surface area contributed by atoms with Crippen LogP contribution in [0.1, 0.15) is 54.7 Å². The standard InChI is InChI=1S/C31H37F3N8O3/c1-2-23(17-37-30(43)21-7-4-3-5-8-21)45-20-26(40-13-15-44-16-14-40)38-28-29-36-18-25(41(29)12-11-35-28)24-19-42(22-9-6-10-22)39-27(24)31(32,33)34/h3-5,7-8,11-12,18-19,22-23,26H,2,6,9-10,13-17,20H2,1H3,(H,35,38)(H,37,43). The van der Waals surface area contributed by atoms with Crippen molar-refractivity contribution >= 4 is 17.4 Å². The van der Waals surface area contributed by atoms with E-state index in [0.717, 1.165) is 19.3 Å². The first kappa shape index (κ1) is 31.0. The maximum Gasteiger partial charge on any atom is 0.435 e. The molecule has 2 N–H and O–H groups in total. The molecule has 3 aromatic heterocycles. The molecule has 14 heteroatoms. The van der Waals surface area contributed by atoms with Crippen molar-refractivity contribution < 1.29 is 27.4 Å². The van der Waals surface area contributed by atoms with Crippen LogP contribution >= 0.6 is 0 Å². The molecule has 4 aromatic rings. The molecule has 1 aliphatic heterocycles. The fourth-order valence-electron chi connectivity index (χ4n) is 5.58. The normalized spacial score (nSPS) is 17.6. The zero-order chi connectivity index (χ0) is 31.4. The van der Waals surface area contributed by atoms with Crippen LogP contribution in [-0.4, -0.2) is 86.7 Å². The number of hydrogen-bond donors (Lipinski definition) is 2. The SMILES string of the molecule is CCC(CNC(=O)c1ccccc1)OCC(Nc1nccn2c(-c3cn(C4CCC4)nc3C(F)(F)F)cnc12)N1CCOCC1. The van der Waals surface area contributed by atoms with E-state index in [2.05, 4.69) is 30.6 Å². The summed E-state index contributed by atoms with van der Waals surface area (Å²) in [6, 6.07) is 8.98. The van der Waals surface area contributed by atoms with Crippen molar-refractivity contribution in [2.75, 3.05) is 44.8 Å². The fraction of sp³-hybridized carbons (Fsp3) is 0.484. The van der Waals surface area contributed by atoms with Crippen molar-refractivity contribution in [3.63, 3.8) is 0 Å². The van der Waals surface area contributed by atoms with E-state index in [4.69, 9.17) is 9.47 Å². The van der Waals surface area contributed by atoms with Crippen LogP contribution in [0.4, 0.5) is 19.0 Å². The van der Waals surface area contributed by atoms with E-state index >= 15 is 0 Å². The van der Waals surface area contributed by atoms with Gasteiger partial charge in [0.25, 0.3) is 5.91 Å². The maximum atomic E-state index is 14.1. The Morgan fingerprint density at radius 3 is 2.62 bits per heavy atom. The second-order valence-electron chi connectivity index (χ2n) is 11.3. The molecule has 11 nitrogen and oxygen atoms in total. The van der Waals surface area contributed by atoms with Gasteiger partial charge in [-0.15, -0.1) is 0 Å². The van der Waals surface area contributed by atoms with Gasteiger partial charge in [-0.25, -0.2) is 9.97 Å². The van der Waals surface area contributed by atoms with Crippen LogP contribution in [0.25, 0.3) is 16.9 Å². The molecule has 6 rings (SSSR count). The number of carbonyl (C=O) groups excluding carboxylic acids is 1. The predicted molar refractivity (Wildman–Crippen MR) is 161 cm³/mol. The first-order valence-corrected chi connectivity index (χ1v) is 15.3. The van der Waals surface area contributed by atoms with Gasteiger partial charge in [-0.1, -0.05) is 25.1 Å². The van der Waals surface area contributed by atoms with Crippen molar-refractivity contribution in [3.05, 3.63) is 66.4 Å². The molecule has 1 saturated heterocycles. The number of alkyl halides is 3. The summed E-state index contributed by atoms with van der Waals surface area (Å²) in [6.07, 6.45) is 4.15. The van der Waals surface area contributed by atoms with E-state index in [9.17, 15) is 18.0 Å². The highest BCUT2D eigenvalue weighted by molar-refractivity contribution is 5.94. The van der Waals surface area contributed by atoms with Crippen molar-refractivity contribution in [3.8, 4) is 11.3 Å². The van der Waals surface area contributed by atoms with Crippen LogP contribution in [0.3, 0.4) is 0 Å². The molecule has 0 spiro atoms. The topological polar surface area (TPSA) is 111 Å². The van der Waals surface area contributed by atoms with Crippen LogP contribution in [0.15, 0.2) is 55.1 Å². The third-order valence-corrected chi connectivity index (χ3v) is 8.41. The molecule has 0 radical (unpaired) electrons. The van der Waals surface area contributed by atoms with Crippen LogP contribution in [-0.2, 0) is 15.7 Å². The van der Waals surface area contributed by atoms with Gasteiger partial charge in [0.2, 0.25) is 0 Å². The van der Waals surface area contributed by atoms with Crippen molar-refractivity contribution in [1.29, 1.82) is 0 Å². The number of anilines is 1. The number of ether oxygens (including phenoxy) is 2. The number of fused-ring (bicyclic) bond motifs is 1. The highest BCUT2D eigenvalue weighted by atomic mass is 19.4. The van der Waals surface area contributed by atoms with Gasteiger partial charge in [0.1, 0.15) is 6.17 Å². The molecule has 2 fully saturated rings. The second kappa shape index (κ2) is 13.5. The lowest BCUT2D eigenvalue weighted by Crippen LogP contribution is -2.50. The largest absolute Gasteiger partial charge is 0.435 e. The van der Waals surface area contributed by atoms with Crippen LogP contribution < -0.4 is 10.6 Å². The predicted octanol–water partition coefficient (Wildman–Crippen LogP) is 4.63. The smallest absolute Gasteiger partial charge is 0.379 e. The monoisotopic (exact) mass is 626 g/mol. The Hall–Kier alpha value is -4.01. The minimum Gasteiger partial charge on any atom is -0.379 e. The minimum atomic E-state index is -4.61. The molecule has 2 atom stereocenters. The molecule has 0 bridgehead atoms. The van der Waals surface area contributed by atoms with E-state index in [1.54, 1.807) is 22.7 Å². The van der Waals surface area contributed by atoms with Crippen molar-refractivity contribution in [2.45, 2.75) is 57.1 Å². The highest BCUT2D eigenvalue weighted by Crippen LogP contribution is 2.40. The van der Waals surface area contributed by atoms with Crippen LogP contribution in [0, 0.1) is 0 Å². The lowest BCUT2D eigenvalue weighted by molar-refractivity contribution is -0.141. The van der Waals surface area contributed by atoms with Gasteiger partial charge in [0, 0.05) is 43.8 Å². The Labute approximate surface area is 258 Å². The lowest BCUT2D eigenvalue weighted by Gasteiger charge is -2.35. The molecule has 1 aliphatic carbocycles. The van der Waals surface area contributed by atoms with Crippen molar-refractivity contribution in [2.24, 2.45) is 0 Å². The molecular formula is C31H37F3N8O3. The van der Waals surface area contributed by atoms with Gasteiger partial charge in [0.15, 0.2) is 17.2 Å². The Morgan fingerprint density at radius 1 is 1.16 bits per heavy atom. The fourth-order valence-corrected chi connectivity index (χ4v) is 5.58. The summed E-state index contributed by atoms with van der Waals surface area (Å²) in [6.45, 7) is 5.02. The first-order chi connectivity index (χ1) is 21.8. The first-order valence-electron chi connectivity index (χ1n) is 15.3. The number of morpholine rings is 1. The van der Waals surface area contributed by atoms with Gasteiger partial charge in [-0.05, 0) is 37.8 Å². The second-order valence-corrected chi connectivity index (χ2v) is 11.3. The summed E-state index contributed by atoms with van der Waals surface area (Å²) in [5.41, 5.74) is 0.309. The number of nitrogens with one attached hydrogen (secondary N) is 2. The highest BCUT2D eigenvalue weighted by Gasteiger charge is 2.39. The number of benzene rings is 1. The molecule has 1 saturated carbocycles. The Bertz CT molecular complexity index is 1580. The molecule has 45 heavy (non-hydrogen) atoms. The average molecular weight is 627 g/mol. The van der Waals surface area contributed by atoms with E-state index in [-0.39, 0.29) is 42.1 Å². The number of amides is 1. The molecule has 1 aromatic carbocycles. The van der Waals surface area contributed by atoms with E-state index in [1.165, 1.54) is 23.3 Å². The summed E-state index contributed by atoms with van der Waals surface area (Å²) in [5, 5.41) is 10.3. The average Bonchev–Trinajstić information content (AvgIpc) is 3.66. The zero-order valence-corrected chi connectivity index (χ0v) is 25.0. The number of imidazole rings is 1. The zero-order valence-electron chi connectivity index (χ0n) is 25.0. The molecular weight excluding hydrogens is 589 g/mol. The molecule has 240 valence electrons. The summed E-state index contributed by atoms with van der Waals surface area (Å²) < 4.78 is 57.1. The van der Waals surface area contributed by atoms with E-state index in [1.807, 2.05) is 25.1 Å². The van der Waals surface area contributed by atoms with Gasteiger partial charge in [-0.2, -0.15) is 18.3 Å². The number of rotatable bonds is 12. The number of halogens is 3. The Balaban J connectivity index is 1.21. The summed E-state index contributed by atoms with van der Waals surface area (Å²) in [5.74, 6) is 0.243. The van der Waals surface area contributed by atoms with E-state index < -0.39 is 11.9 Å². The summed E-state index contributed by atoms with van der Waals surface area (Å²) in [4.78, 5) is 23.7. The minimum absolute atomic E-state index is 0.0181. The summed E-state index contributed by atoms with van der Waals surface area (Å²) >= 11 is 0. The van der Waals surface area contributed by atoms with Crippen molar-refractivity contribution in [1.82, 2.24) is 34.4 Å². The molecule has 4 heterocycles. The molecule has 2 aliphatic rings. The van der Waals surface area contributed by atoms with Gasteiger partial charge in [-0.3, -0.25) is 18.8 Å². The van der Waals surface area contributed by atoms with E-state index in [0.29, 0.717) is 56.3 Å².